The highest BCUT2D eigenvalue weighted by molar-refractivity contribution is 5.79. The Balaban J connectivity index is 2.36. The van der Waals surface area contributed by atoms with Crippen LogP contribution < -0.4 is 11.1 Å². The minimum absolute atomic E-state index is 0.155. The van der Waals surface area contributed by atoms with E-state index in [-0.39, 0.29) is 17.9 Å². The zero-order valence-corrected chi connectivity index (χ0v) is 9.37. The summed E-state index contributed by atoms with van der Waals surface area (Å²) in [5.74, 6) is -0.597. The first-order valence-electron chi connectivity index (χ1n) is 5.08. The van der Waals surface area contributed by atoms with Gasteiger partial charge in [0.2, 0.25) is 5.91 Å². The maximum Gasteiger partial charge on any atom is 0.407 e. The van der Waals surface area contributed by atoms with Crippen LogP contribution in [-0.4, -0.2) is 23.6 Å². The van der Waals surface area contributed by atoms with Gasteiger partial charge in [0.1, 0.15) is 5.60 Å². The van der Waals surface area contributed by atoms with Crippen molar-refractivity contribution in [2.45, 2.75) is 45.3 Å². The van der Waals surface area contributed by atoms with E-state index in [1.54, 1.807) is 20.8 Å². The summed E-state index contributed by atoms with van der Waals surface area (Å²) < 4.78 is 5.07. The van der Waals surface area contributed by atoms with Crippen molar-refractivity contribution < 1.29 is 14.3 Å². The molecule has 1 rings (SSSR count). The van der Waals surface area contributed by atoms with Crippen molar-refractivity contribution in [3.63, 3.8) is 0 Å². The number of primary amides is 1. The average Bonchev–Trinajstić information content (AvgIpc) is 1.93. The van der Waals surface area contributed by atoms with Gasteiger partial charge in [-0.2, -0.15) is 0 Å². The molecule has 0 spiro atoms. The summed E-state index contributed by atoms with van der Waals surface area (Å²) in [6.07, 6.45) is 1.04. The van der Waals surface area contributed by atoms with Crippen molar-refractivity contribution in [1.82, 2.24) is 5.32 Å². The molecule has 0 aliphatic heterocycles. The fourth-order valence-electron chi connectivity index (χ4n) is 1.47. The zero-order valence-electron chi connectivity index (χ0n) is 9.37. The number of rotatable bonds is 2. The molecule has 1 saturated carbocycles. The highest BCUT2D eigenvalue weighted by atomic mass is 16.6. The molecule has 0 bridgehead atoms. The second kappa shape index (κ2) is 4.08. The molecule has 0 aromatic carbocycles. The van der Waals surface area contributed by atoms with Crippen LogP contribution in [0.4, 0.5) is 4.79 Å². The van der Waals surface area contributed by atoms with Gasteiger partial charge in [-0.3, -0.25) is 4.79 Å². The first-order valence-corrected chi connectivity index (χ1v) is 5.08. The minimum Gasteiger partial charge on any atom is -0.444 e. The number of ether oxygens (including phenoxy) is 1. The van der Waals surface area contributed by atoms with E-state index in [0.29, 0.717) is 0 Å². The third-order valence-electron chi connectivity index (χ3n) is 2.34. The first kappa shape index (κ1) is 11.8. The summed E-state index contributed by atoms with van der Waals surface area (Å²) in [5.41, 5.74) is 4.64. The molecule has 2 amide bonds. The van der Waals surface area contributed by atoms with Gasteiger partial charge in [-0.1, -0.05) is 0 Å². The Bertz CT molecular complexity index is 270. The number of carbonyl (C=O) groups excluding carboxylic acids is 2. The van der Waals surface area contributed by atoms with Crippen molar-refractivity contribution >= 4 is 12.0 Å². The Kier molecular flexibility index (Phi) is 3.21. The molecule has 0 unspecified atom stereocenters. The Morgan fingerprint density at radius 2 is 1.93 bits per heavy atom. The number of hydrogen-bond donors (Lipinski definition) is 2. The molecular formula is C10H18N2O3. The predicted octanol–water partition coefficient (Wildman–Crippen LogP) is 0.775. The quantitative estimate of drug-likeness (QED) is 0.712. The summed E-state index contributed by atoms with van der Waals surface area (Å²) in [5, 5.41) is 2.64. The molecule has 15 heavy (non-hydrogen) atoms. The lowest BCUT2D eigenvalue weighted by Gasteiger charge is -2.35. The molecule has 3 N–H and O–H groups in total. The summed E-state index contributed by atoms with van der Waals surface area (Å²) in [6.45, 7) is 5.37. The van der Waals surface area contributed by atoms with Crippen LogP contribution in [0.5, 0.6) is 0 Å². The predicted molar refractivity (Wildman–Crippen MR) is 55.1 cm³/mol. The van der Waals surface area contributed by atoms with Gasteiger partial charge in [0.25, 0.3) is 0 Å². The maximum atomic E-state index is 11.3. The molecule has 5 nitrogen and oxygen atoms in total. The first-order chi connectivity index (χ1) is 6.79. The second-order valence-corrected chi connectivity index (χ2v) is 4.84. The van der Waals surface area contributed by atoms with Crippen LogP contribution in [0.1, 0.15) is 33.6 Å². The second-order valence-electron chi connectivity index (χ2n) is 4.84. The number of hydrogen-bond acceptors (Lipinski definition) is 3. The molecule has 86 valence electrons. The van der Waals surface area contributed by atoms with E-state index in [1.807, 2.05) is 0 Å². The van der Waals surface area contributed by atoms with Crippen LogP contribution in [0.2, 0.25) is 0 Å². The van der Waals surface area contributed by atoms with Gasteiger partial charge in [-0.25, -0.2) is 4.79 Å². The Labute approximate surface area is 89.3 Å². The molecule has 1 aliphatic rings. The largest absolute Gasteiger partial charge is 0.444 e. The lowest BCUT2D eigenvalue weighted by Crippen LogP contribution is -2.52. The molecule has 1 fully saturated rings. The molecular weight excluding hydrogens is 196 g/mol. The Morgan fingerprint density at radius 1 is 1.33 bits per heavy atom. The topological polar surface area (TPSA) is 81.4 Å². The Morgan fingerprint density at radius 3 is 2.27 bits per heavy atom. The fourth-order valence-corrected chi connectivity index (χ4v) is 1.47. The average molecular weight is 214 g/mol. The van der Waals surface area contributed by atoms with Crippen LogP contribution in [0.15, 0.2) is 0 Å². The van der Waals surface area contributed by atoms with Gasteiger partial charge in [0.15, 0.2) is 0 Å². The summed E-state index contributed by atoms with van der Waals surface area (Å²) in [6, 6.07) is -0.155. The summed E-state index contributed by atoms with van der Waals surface area (Å²) in [7, 11) is 0. The molecule has 0 aromatic rings. The van der Waals surface area contributed by atoms with Gasteiger partial charge in [0.05, 0.1) is 5.92 Å². The molecule has 5 heteroatoms. The fraction of sp³-hybridized carbons (Fsp3) is 0.800. The minimum atomic E-state index is -0.518. The van der Waals surface area contributed by atoms with Crippen LogP contribution >= 0.6 is 0 Å². The van der Waals surface area contributed by atoms with Crippen molar-refractivity contribution in [3.05, 3.63) is 0 Å². The summed E-state index contributed by atoms with van der Waals surface area (Å²) in [4.78, 5) is 22.2. The maximum absolute atomic E-state index is 11.3. The van der Waals surface area contributed by atoms with Crippen molar-refractivity contribution in [1.29, 1.82) is 0 Å². The van der Waals surface area contributed by atoms with Gasteiger partial charge in [-0.15, -0.1) is 0 Å². The SMILES string of the molecule is CC(C)(C)OC(=O)N[C@@H]1CC[C@@H]1C(N)=O. The van der Waals surface area contributed by atoms with Gasteiger partial charge >= 0.3 is 6.09 Å². The third kappa shape index (κ3) is 3.42. The standard InChI is InChI=1S/C10H18N2O3/c1-10(2,3)15-9(14)12-7-5-4-6(7)8(11)13/h6-7H,4-5H2,1-3H3,(H2,11,13)(H,12,14)/t6-,7+/m0/s1. The monoisotopic (exact) mass is 214 g/mol. The number of nitrogens with one attached hydrogen (secondary N) is 1. The van der Waals surface area contributed by atoms with Crippen molar-refractivity contribution in [2.24, 2.45) is 11.7 Å². The van der Waals surface area contributed by atoms with Crippen LogP contribution in [0.3, 0.4) is 0 Å². The lowest BCUT2D eigenvalue weighted by molar-refractivity contribution is -0.125. The van der Waals surface area contributed by atoms with Crippen LogP contribution in [0.25, 0.3) is 0 Å². The van der Waals surface area contributed by atoms with Gasteiger partial charge in [-0.05, 0) is 33.6 Å². The van der Waals surface area contributed by atoms with E-state index in [1.165, 1.54) is 0 Å². The highest BCUT2D eigenvalue weighted by Crippen LogP contribution is 2.27. The third-order valence-corrected chi connectivity index (χ3v) is 2.34. The molecule has 1 aliphatic carbocycles. The normalized spacial score (nSPS) is 25.3. The van der Waals surface area contributed by atoms with Crippen molar-refractivity contribution in [3.8, 4) is 0 Å². The molecule has 0 heterocycles. The van der Waals surface area contributed by atoms with E-state index in [9.17, 15) is 9.59 Å². The van der Waals surface area contributed by atoms with E-state index in [0.717, 1.165) is 12.8 Å². The van der Waals surface area contributed by atoms with Gasteiger partial charge < -0.3 is 15.8 Å². The Hall–Kier alpha value is -1.26. The zero-order chi connectivity index (χ0) is 11.6. The number of carbonyl (C=O) groups is 2. The van der Waals surface area contributed by atoms with E-state index < -0.39 is 11.7 Å². The lowest BCUT2D eigenvalue weighted by atomic mass is 9.79. The molecule has 2 atom stereocenters. The smallest absolute Gasteiger partial charge is 0.407 e. The van der Waals surface area contributed by atoms with E-state index >= 15 is 0 Å². The number of alkyl carbamates (subject to hydrolysis) is 1. The highest BCUT2D eigenvalue weighted by Gasteiger charge is 2.36. The van der Waals surface area contributed by atoms with Crippen molar-refractivity contribution in [2.75, 3.05) is 0 Å². The molecule has 0 aromatic heterocycles. The van der Waals surface area contributed by atoms with E-state index in [2.05, 4.69) is 5.32 Å². The number of nitrogens with two attached hydrogens (primary N) is 1. The number of amides is 2. The van der Waals surface area contributed by atoms with Gasteiger partial charge in [0, 0.05) is 6.04 Å². The molecule has 0 saturated heterocycles. The van der Waals surface area contributed by atoms with Crippen LogP contribution in [0, 0.1) is 5.92 Å². The molecule has 0 radical (unpaired) electrons. The van der Waals surface area contributed by atoms with E-state index in [4.69, 9.17) is 10.5 Å². The van der Waals surface area contributed by atoms with Crippen LogP contribution in [-0.2, 0) is 9.53 Å². The summed E-state index contributed by atoms with van der Waals surface area (Å²) >= 11 is 0.